The van der Waals surface area contributed by atoms with Gasteiger partial charge in [-0.1, -0.05) is 39.6 Å². The highest BCUT2D eigenvalue weighted by atomic mass is 31.0. The second-order valence-corrected chi connectivity index (χ2v) is 6.88. The van der Waals surface area contributed by atoms with Crippen LogP contribution in [0.25, 0.3) is 16.8 Å². The van der Waals surface area contributed by atoms with Gasteiger partial charge in [0.2, 0.25) is 0 Å². The quantitative estimate of drug-likeness (QED) is 0.574. The topological polar surface area (TPSA) is 82.2 Å². The molecule has 2 aromatic carbocycles. The van der Waals surface area contributed by atoms with Crippen LogP contribution in [0.5, 0.6) is 0 Å². The van der Waals surface area contributed by atoms with E-state index in [0.29, 0.717) is 16.7 Å². The number of benzene rings is 2. The number of nitrogens with zero attached hydrogens (tertiary/aromatic N) is 1. The average Bonchev–Trinajstić information content (AvgIpc) is 2.68. The second kappa shape index (κ2) is 8.26. The highest BCUT2D eigenvalue weighted by Gasteiger charge is 2.17. The summed E-state index contributed by atoms with van der Waals surface area (Å²) < 4.78 is 0. The van der Waals surface area contributed by atoms with E-state index in [-0.39, 0.29) is 5.91 Å². The summed E-state index contributed by atoms with van der Waals surface area (Å²) in [6.45, 7) is 3.19. The highest BCUT2D eigenvalue weighted by Crippen LogP contribution is 2.23. The minimum atomic E-state index is 0.0814. The van der Waals surface area contributed by atoms with Crippen LogP contribution in [0.15, 0.2) is 54.6 Å². The molecule has 134 valence electrons. The van der Waals surface area contributed by atoms with Crippen LogP contribution in [-0.4, -0.2) is 42.4 Å². The molecule has 2 aromatic rings. The summed E-state index contributed by atoms with van der Waals surface area (Å²) >= 11 is 0. The van der Waals surface area contributed by atoms with Crippen molar-refractivity contribution in [3.63, 3.8) is 0 Å². The van der Waals surface area contributed by atoms with Gasteiger partial charge in [-0.05, 0) is 41.0 Å². The number of carbonyl (C=O) groups excluding carboxylic acids is 1. The van der Waals surface area contributed by atoms with E-state index in [2.05, 4.69) is 14.6 Å². The maximum absolute atomic E-state index is 12.5. The predicted molar refractivity (Wildman–Crippen MR) is 110 cm³/mol. The first-order valence-electron chi connectivity index (χ1n) is 8.56. The van der Waals surface area contributed by atoms with Crippen molar-refractivity contribution in [3.8, 4) is 11.1 Å². The molecule has 6 heteroatoms. The van der Waals surface area contributed by atoms with E-state index in [0.717, 1.165) is 42.9 Å². The first-order chi connectivity index (χ1) is 12.5. The van der Waals surface area contributed by atoms with Crippen LogP contribution < -0.4 is 11.1 Å². The molecule has 1 fully saturated rings. The third-order valence-electron chi connectivity index (χ3n) is 4.38. The van der Waals surface area contributed by atoms with Gasteiger partial charge in [0.15, 0.2) is 0 Å². The number of hydrogen-bond donors (Lipinski definition) is 3. The number of nitrogens with two attached hydrogens (primary N) is 1. The summed E-state index contributed by atoms with van der Waals surface area (Å²) in [7, 11) is 2.31. The summed E-state index contributed by atoms with van der Waals surface area (Å²) in [6.07, 6.45) is 1.61. The molecule has 26 heavy (non-hydrogen) atoms. The van der Waals surface area contributed by atoms with E-state index >= 15 is 0 Å². The molecule has 0 aromatic heterocycles. The van der Waals surface area contributed by atoms with E-state index in [1.165, 1.54) is 0 Å². The number of carbonyl (C=O) groups is 1. The Morgan fingerprint density at radius 2 is 1.77 bits per heavy atom. The van der Waals surface area contributed by atoms with Crippen molar-refractivity contribution in [1.82, 2.24) is 10.2 Å². The van der Waals surface area contributed by atoms with E-state index < -0.39 is 0 Å². The Hall–Kier alpha value is -2.49. The lowest BCUT2D eigenvalue weighted by Crippen LogP contribution is -2.46. The first-order valence-corrected chi connectivity index (χ1v) is 9.14. The van der Waals surface area contributed by atoms with Crippen molar-refractivity contribution < 1.29 is 4.79 Å². The first kappa shape index (κ1) is 18.3. The van der Waals surface area contributed by atoms with E-state index in [9.17, 15) is 4.79 Å². The lowest BCUT2D eigenvalue weighted by Gasteiger charge is -2.27. The van der Waals surface area contributed by atoms with Gasteiger partial charge in [0.25, 0.3) is 5.91 Å². The molecule has 0 radical (unpaired) electrons. The maximum atomic E-state index is 12.5. The third kappa shape index (κ3) is 4.37. The Bertz CT molecular complexity index is 839. The minimum Gasteiger partial charge on any atom is -0.398 e. The van der Waals surface area contributed by atoms with Crippen molar-refractivity contribution in [2.45, 2.75) is 0 Å². The van der Waals surface area contributed by atoms with Crippen molar-refractivity contribution >= 4 is 26.3 Å². The van der Waals surface area contributed by atoms with E-state index in [4.69, 9.17) is 11.1 Å². The molecule has 1 heterocycles. The number of nitrogens with one attached hydrogen (secondary N) is 2. The van der Waals surface area contributed by atoms with Crippen molar-refractivity contribution in [2.75, 3.05) is 26.2 Å². The fourth-order valence-corrected chi connectivity index (χ4v) is 3.16. The Morgan fingerprint density at radius 3 is 2.42 bits per heavy atom. The molecule has 1 atom stereocenters. The number of rotatable bonds is 4. The second-order valence-electron chi connectivity index (χ2n) is 6.26. The molecule has 1 unspecified atom stereocenters. The Labute approximate surface area is 156 Å². The van der Waals surface area contributed by atoms with E-state index in [1.807, 2.05) is 53.4 Å². The molecular weight excluding hydrogens is 343 g/mol. The van der Waals surface area contributed by atoms with Gasteiger partial charge < -0.3 is 21.4 Å². The zero-order chi connectivity index (χ0) is 18.5. The van der Waals surface area contributed by atoms with Gasteiger partial charge in [0, 0.05) is 42.9 Å². The lowest BCUT2D eigenvalue weighted by atomic mass is 10.0. The van der Waals surface area contributed by atoms with Crippen LogP contribution in [0.4, 0.5) is 0 Å². The molecule has 1 amide bonds. The SMILES string of the molecule is N=C(P)C=C(N)c1cccc(-c2ccc(C(=O)N3CCNCC3)cc2)c1. The predicted octanol–water partition coefficient (Wildman–Crippen LogP) is 2.55. The standard InChI is InChI=1S/C20H23N4OP/c21-18(13-19(22)26)17-3-1-2-16(12-17)14-4-6-15(7-5-14)20(25)24-10-8-23-9-11-24/h1-7,12-13,22-23H,8-11,21,26H2. The van der Waals surface area contributed by atoms with Crippen molar-refractivity contribution in [2.24, 2.45) is 5.73 Å². The number of hydrogen-bond acceptors (Lipinski definition) is 4. The fraction of sp³-hybridized carbons (Fsp3) is 0.200. The summed E-state index contributed by atoms with van der Waals surface area (Å²) in [5, 5.41) is 10.8. The van der Waals surface area contributed by atoms with Gasteiger partial charge in [-0.2, -0.15) is 0 Å². The molecule has 1 aliphatic rings. The van der Waals surface area contributed by atoms with Gasteiger partial charge in [-0.25, -0.2) is 0 Å². The molecular formula is C20H23N4OP. The summed E-state index contributed by atoms with van der Waals surface area (Å²) in [5.74, 6) is 0.0814. The van der Waals surface area contributed by atoms with Crippen LogP contribution in [0.2, 0.25) is 0 Å². The monoisotopic (exact) mass is 366 g/mol. The van der Waals surface area contributed by atoms with Crippen LogP contribution in [-0.2, 0) is 0 Å². The van der Waals surface area contributed by atoms with Crippen molar-refractivity contribution in [1.29, 1.82) is 5.41 Å². The molecule has 0 bridgehead atoms. The summed E-state index contributed by atoms with van der Waals surface area (Å²) in [6, 6.07) is 15.6. The largest absolute Gasteiger partial charge is 0.398 e. The number of piperazine rings is 1. The highest BCUT2D eigenvalue weighted by molar-refractivity contribution is 7.41. The molecule has 1 aliphatic heterocycles. The normalized spacial score (nSPS) is 15.0. The zero-order valence-corrected chi connectivity index (χ0v) is 15.7. The molecule has 3 rings (SSSR count). The van der Waals surface area contributed by atoms with Gasteiger partial charge in [0.05, 0.1) is 0 Å². The van der Waals surface area contributed by atoms with Crippen LogP contribution in [0, 0.1) is 5.41 Å². The fourth-order valence-electron chi connectivity index (χ4n) is 2.98. The Morgan fingerprint density at radius 1 is 1.08 bits per heavy atom. The number of amides is 1. The molecule has 1 saturated heterocycles. The minimum absolute atomic E-state index is 0.0814. The number of allylic oxidation sites excluding steroid dienone is 1. The van der Waals surface area contributed by atoms with Gasteiger partial charge in [0.1, 0.15) is 0 Å². The average molecular weight is 366 g/mol. The van der Waals surface area contributed by atoms with Crippen LogP contribution in [0.1, 0.15) is 15.9 Å². The maximum Gasteiger partial charge on any atom is 0.253 e. The molecule has 0 spiro atoms. The molecule has 0 aliphatic carbocycles. The molecule has 5 nitrogen and oxygen atoms in total. The zero-order valence-electron chi connectivity index (χ0n) is 14.5. The van der Waals surface area contributed by atoms with E-state index in [1.54, 1.807) is 6.08 Å². The van der Waals surface area contributed by atoms with Crippen LogP contribution >= 0.6 is 9.24 Å². The summed E-state index contributed by atoms with van der Waals surface area (Å²) in [5.41, 5.74) is 10.6. The van der Waals surface area contributed by atoms with Gasteiger partial charge in [-0.15, -0.1) is 0 Å². The molecule has 4 N–H and O–H groups in total. The Balaban J connectivity index is 1.80. The van der Waals surface area contributed by atoms with Crippen molar-refractivity contribution in [3.05, 3.63) is 65.7 Å². The van der Waals surface area contributed by atoms with Gasteiger partial charge in [-0.3, -0.25) is 4.79 Å². The third-order valence-corrected chi connectivity index (χ3v) is 4.54. The lowest BCUT2D eigenvalue weighted by molar-refractivity contribution is 0.0736. The summed E-state index contributed by atoms with van der Waals surface area (Å²) in [4.78, 5) is 14.4. The van der Waals surface area contributed by atoms with Crippen LogP contribution in [0.3, 0.4) is 0 Å². The Kier molecular flexibility index (Phi) is 5.82. The van der Waals surface area contributed by atoms with Gasteiger partial charge >= 0.3 is 0 Å². The smallest absolute Gasteiger partial charge is 0.253 e. The molecule has 0 saturated carbocycles.